The third kappa shape index (κ3) is 4.73. The average molecular weight is 468 g/mol. The van der Waals surface area contributed by atoms with Gasteiger partial charge in [-0.25, -0.2) is 13.2 Å². The number of sulfonamides is 1. The first kappa shape index (κ1) is 22.2. The van der Waals surface area contributed by atoms with E-state index >= 15 is 0 Å². The zero-order valence-corrected chi connectivity index (χ0v) is 17.7. The number of benzene rings is 2. The molecule has 1 aromatic heterocycles. The molecule has 1 aliphatic heterocycles. The minimum atomic E-state index is -4.65. The molecular weight excluding hydrogens is 449 g/mol. The van der Waals surface area contributed by atoms with Crippen LogP contribution < -0.4 is 15.1 Å². The largest absolute Gasteiger partial charge is 0.488 e. The van der Waals surface area contributed by atoms with Gasteiger partial charge in [-0.1, -0.05) is 0 Å². The normalized spacial score (nSPS) is 17.6. The highest BCUT2D eigenvalue weighted by Crippen LogP contribution is 2.39. The van der Waals surface area contributed by atoms with Crippen molar-refractivity contribution in [3.63, 3.8) is 0 Å². The Kier molecular flexibility index (Phi) is 5.63. The second kappa shape index (κ2) is 8.14. The first-order valence-corrected chi connectivity index (χ1v) is 11.1. The van der Waals surface area contributed by atoms with Crippen LogP contribution in [0, 0.1) is 0 Å². The smallest absolute Gasteiger partial charge is 0.419 e. The quantitative estimate of drug-likeness (QED) is 0.575. The van der Waals surface area contributed by atoms with Crippen molar-refractivity contribution in [2.45, 2.75) is 23.6 Å². The molecule has 3 aromatic rings. The molecule has 1 aliphatic rings. The molecule has 1 saturated heterocycles. The lowest BCUT2D eigenvalue weighted by atomic mass is 10.1. The van der Waals surface area contributed by atoms with Gasteiger partial charge in [-0.2, -0.15) is 13.2 Å². The van der Waals surface area contributed by atoms with Crippen LogP contribution in [-0.4, -0.2) is 39.6 Å². The van der Waals surface area contributed by atoms with E-state index in [1.165, 1.54) is 24.3 Å². The molecule has 0 spiro atoms. The maximum Gasteiger partial charge on any atom is 0.419 e. The number of nitrogens with one attached hydrogen (secondary N) is 1. The highest BCUT2D eigenvalue weighted by molar-refractivity contribution is 7.92. The topological polar surface area (TPSA) is 88.8 Å². The van der Waals surface area contributed by atoms with Crippen molar-refractivity contribution >= 4 is 26.7 Å². The van der Waals surface area contributed by atoms with Gasteiger partial charge in [0.05, 0.1) is 16.1 Å². The summed E-state index contributed by atoms with van der Waals surface area (Å²) in [4.78, 5) is 13.1. The molecule has 1 atom stereocenters. The molecule has 4 rings (SSSR count). The number of halogens is 3. The van der Waals surface area contributed by atoms with E-state index in [1.54, 1.807) is 0 Å². The van der Waals surface area contributed by atoms with E-state index < -0.39 is 39.2 Å². The first-order valence-electron chi connectivity index (χ1n) is 9.64. The van der Waals surface area contributed by atoms with Crippen molar-refractivity contribution in [1.29, 1.82) is 0 Å². The van der Waals surface area contributed by atoms with Gasteiger partial charge in [0.15, 0.2) is 0 Å². The molecule has 1 N–H and O–H groups in total. The van der Waals surface area contributed by atoms with Crippen LogP contribution in [0.1, 0.15) is 12.0 Å². The van der Waals surface area contributed by atoms with Crippen LogP contribution in [0.25, 0.3) is 11.0 Å². The summed E-state index contributed by atoms with van der Waals surface area (Å²) in [6.07, 6.45) is -4.51. The Balaban J connectivity index is 1.65. The van der Waals surface area contributed by atoms with Gasteiger partial charge in [0.1, 0.15) is 17.4 Å². The number of rotatable bonds is 5. The Morgan fingerprint density at radius 3 is 2.59 bits per heavy atom. The maximum absolute atomic E-state index is 13.5. The molecule has 2 aromatic carbocycles. The van der Waals surface area contributed by atoms with Crippen LogP contribution in [0.3, 0.4) is 0 Å². The van der Waals surface area contributed by atoms with Crippen LogP contribution in [-0.2, 0) is 16.2 Å². The Labute approximate surface area is 181 Å². The van der Waals surface area contributed by atoms with Gasteiger partial charge in [0.2, 0.25) is 0 Å². The van der Waals surface area contributed by atoms with Crippen molar-refractivity contribution in [3.05, 3.63) is 64.5 Å². The van der Waals surface area contributed by atoms with E-state index in [0.717, 1.165) is 24.3 Å². The minimum Gasteiger partial charge on any atom is -0.488 e. The van der Waals surface area contributed by atoms with E-state index in [0.29, 0.717) is 24.9 Å². The first-order chi connectivity index (χ1) is 15.0. The number of hydrogen-bond acceptors (Lipinski definition) is 6. The van der Waals surface area contributed by atoms with E-state index in [4.69, 9.17) is 9.15 Å². The highest BCUT2D eigenvalue weighted by Gasteiger charge is 2.36. The zero-order chi connectivity index (χ0) is 23.1. The van der Waals surface area contributed by atoms with E-state index in [9.17, 15) is 26.4 Å². The third-order valence-corrected chi connectivity index (χ3v) is 6.46. The zero-order valence-electron chi connectivity index (χ0n) is 16.8. The van der Waals surface area contributed by atoms with Gasteiger partial charge in [-0.05, 0) is 49.9 Å². The summed E-state index contributed by atoms with van der Waals surface area (Å²) >= 11 is 0. The fourth-order valence-electron chi connectivity index (χ4n) is 3.52. The summed E-state index contributed by atoms with van der Waals surface area (Å²) in [6.45, 7) is 1.17. The average Bonchev–Trinajstić information content (AvgIpc) is 3.11. The van der Waals surface area contributed by atoms with Gasteiger partial charge < -0.3 is 14.1 Å². The molecule has 2 heterocycles. The molecule has 170 valence electrons. The van der Waals surface area contributed by atoms with Gasteiger partial charge in [0, 0.05) is 30.6 Å². The van der Waals surface area contributed by atoms with Gasteiger partial charge in [0.25, 0.3) is 10.0 Å². The van der Waals surface area contributed by atoms with Gasteiger partial charge in [-0.15, -0.1) is 0 Å². The molecule has 0 amide bonds. The van der Waals surface area contributed by atoms with E-state index in [-0.39, 0.29) is 16.2 Å². The van der Waals surface area contributed by atoms with Crippen LogP contribution >= 0.6 is 0 Å². The molecule has 0 bridgehead atoms. The number of anilines is 1. The summed E-state index contributed by atoms with van der Waals surface area (Å²) in [5, 5.41) is 0.384. The van der Waals surface area contributed by atoms with E-state index in [1.807, 2.05) is 11.9 Å². The predicted molar refractivity (Wildman–Crippen MR) is 111 cm³/mol. The van der Waals surface area contributed by atoms with Crippen molar-refractivity contribution < 1.29 is 30.7 Å². The molecule has 32 heavy (non-hydrogen) atoms. The summed E-state index contributed by atoms with van der Waals surface area (Å²) in [7, 11) is -2.29. The number of likely N-dealkylation sites (tertiary alicyclic amines) is 1. The van der Waals surface area contributed by atoms with Gasteiger partial charge >= 0.3 is 11.8 Å². The monoisotopic (exact) mass is 468 g/mol. The minimum absolute atomic E-state index is 0.0703. The second-order valence-corrected chi connectivity index (χ2v) is 9.24. The molecular formula is C21H19F3N2O5S. The molecule has 0 radical (unpaired) electrons. The second-order valence-electron chi connectivity index (χ2n) is 7.56. The van der Waals surface area contributed by atoms with Crippen LogP contribution in [0.2, 0.25) is 0 Å². The Hall–Kier alpha value is -3.05. The Bertz CT molecular complexity index is 1320. The van der Waals surface area contributed by atoms with E-state index in [2.05, 4.69) is 4.72 Å². The molecule has 1 fully saturated rings. The Morgan fingerprint density at radius 1 is 1.12 bits per heavy atom. The predicted octanol–water partition coefficient (Wildman–Crippen LogP) is 3.70. The lowest BCUT2D eigenvalue weighted by Gasteiger charge is -2.19. The number of alkyl halides is 3. The fourth-order valence-corrected chi connectivity index (χ4v) is 4.60. The lowest BCUT2D eigenvalue weighted by molar-refractivity contribution is -0.139. The van der Waals surface area contributed by atoms with Crippen LogP contribution in [0.4, 0.5) is 18.9 Å². The SMILES string of the molecule is CN1CC[C@H](Oc2cc(NS(=O)(=O)c3ccc4oc(=O)ccc4c3)ccc2C(F)(F)F)C1. The summed E-state index contributed by atoms with van der Waals surface area (Å²) < 4.78 is 78.9. The number of hydrogen-bond donors (Lipinski definition) is 1. The molecule has 0 unspecified atom stereocenters. The number of likely N-dealkylation sites (N-methyl/N-ethyl adjacent to an activating group) is 1. The standard InChI is InChI=1S/C21H19F3N2O5S/c1-26-9-8-15(12-26)30-19-11-14(3-5-17(19)21(22,23)24)25-32(28,29)16-4-6-18-13(10-16)2-7-20(27)31-18/h2-7,10-11,15,25H,8-9,12H2,1H3/t15-/m0/s1. The van der Waals surface area contributed by atoms with Crippen LogP contribution in [0.15, 0.2) is 62.6 Å². The van der Waals surface area contributed by atoms with Crippen molar-refractivity contribution in [3.8, 4) is 5.75 Å². The summed E-state index contributed by atoms with van der Waals surface area (Å²) in [6, 6.07) is 9.33. The maximum atomic E-state index is 13.5. The molecule has 0 saturated carbocycles. The lowest BCUT2D eigenvalue weighted by Crippen LogP contribution is -2.23. The van der Waals surface area contributed by atoms with Crippen molar-refractivity contribution in [2.75, 3.05) is 24.9 Å². The molecule has 7 nitrogen and oxygen atoms in total. The molecule has 11 heteroatoms. The number of ether oxygens (including phenoxy) is 1. The third-order valence-electron chi connectivity index (χ3n) is 5.08. The summed E-state index contributed by atoms with van der Waals surface area (Å²) in [5.74, 6) is -0.432. The van der Waals surface area contributed by atoms with Gasteiger partial charge in [-0.3, -0.25) is 4.72 Å². The number of fused-ring (bicyclic) bond motifs is 1. The summed E-state index contributed by atoms with van der Waals surface area (Å²) in [5.41, 5.74) is -1.41. The fraction of sp³-hybridized carbons (Fsp3) is 0.286. The van der Waals surface area contributed by atoms with Crippen molar-refractivity contribution in [1.82, 2.24) is 4.90 Å². The highest BCUT2D eigenvalue weighted by atomic mass is 32.2. The van der Waals surface area contributed by atoms with Crippen LogP contribution in [0.5, 0.6) is 5.75 Å². The Morgan fingerprint density at radius 2 is 1.91 bits per heavy atom. The molecule has 0 aliphatic carbocycles. The number of nitrogens with zero attached hydrogens (tertiary/aromatic N) is 1. The van der Waals surface area contributed by atoms with Crippen molar-refractivity contribution in [2.24, 2.45) is 0 Å².